The second kappa shape index (κ2) is 4.11. The van der Waals surface area contributed by atoms with Gasteiger partial charge in [-0.15, -0.1) is 0 Å². The molecule has 0 saturated carbocycles. The van der Waals surface area contributed by atoms with E-state index in [1.54, 1.807) is 6.07 Å². The molecule has 0 aromatic carbocycles. The third-order valence-corrected chi connectivity index (χ3v) is 1.80. The zero-order valence-electron chi connectivity index (χ0n) is 6.67. The Hall–Kier alpha value is -1.54. The smallest absolute Gasteiger partial charge is 0.266 e. The highest BCUT2D eigenvalue weighted by atomic mass is 35.5. The lowest BCUT2D eigenvalue weighted by atomic mass is 10.1. The van der Waals surface area contributed by atoms with Gasteiger partial charge in [0, 0.05) is 0 Å². The number of alkyl halides is 2. The summed E-state index contributed by atoms with van der Waals surface area (Å²) in [5.41, 5.74) is -0.990. The topological polar surface area (TPSA) is 53.8 Å². The Kier molecular flexibility index (Phi) is 3.10. The molecule has 0 spiro atoms. The second-order valence-corrected chi connectivity index (χ2v) is 2.69. The monoisotopic (exact) mass is 216 g/mol. The molecule has 0 bridgehead atoms. The predicted molar refractivity (Wildman–Crippen MR) is 44.3 cm³/mol. The van der Waals surface area contributed by atoms with E-state index in [4.69, 9.17) is 16.9 Å². The summed E-state index contributed by atoms with van der Waals surface area (Å²) in [5, 5.41) is 8.05. The van der Waals surface area contributed by atoms with E-state index in [0.717, 1.165) is 6.07 Å². The zero-order valence-corrected chi connectivity index (χ0v) is 7.42. The van der Waals surface area contributed by atoms with E-state index in [2.05, 4.69) is 4.98 Å². The summed E-state index contributed by atoms with van der Waals surface area (Å²) in [4.78, 5) is 13.7. The summed E-state index contributed by atoms with van der Waals surface area (Å²) in [6, 6.07) is 2.45. The molecule has 14 heavy (non-hydrogen) atoms. The molecule has 0 radical (unpaired) electrons. The van der Waals surface area contributed by atoms with Crippen molar-refractivity contribution in [1.82, 2.24) is 4.98 Å². The number of rotatable bonds is 2. The number of nitriles is 1. The summed E-state index contributed by atoms with van der Waals surface area (Å²) in [5.74, 6) is 0. The highest BCUT2D eigenvalue weighted by molar-refractivity contribution is 6.30. The van der Waals surface area contributed by atoms with Gasteiger partial charge in [-0.25, -0.2) is 13.8 Å². The lowest BCUT2D eigenvalue weighted by Crippen LogP contribution is -1.98. The van der Waals surface area contributed by atoms with Gasteiger partial charge in [0.25, 0.3) is 6.43 Å². The SMILES string of the molecule is N#Cc1cc(C(F)F)c(Cl)nc1C=O. The van der Waals surface area contributed by atoms with Crippen LogP contribution in [0.3, 0.4) is 0 Å². The van der Waals surface area contributed by atoms with Crippen LogP contribution in [0.5, 0.6) is 0 Å². The van der Waals surface area contributed by atoms with Crippen LogP contribution in [0.25, 0.3) is 0 Å². The summed E-state index contributed by atoms with van der Waals surface area (Å²) < 4.78 is 24.5. The van der Waals surface area contributed by atoms with Gasteiger partial charge in [-0.3, -0.25) is 4.79 Å². The van der Waals surface area contributed by atoms with Gasteiger partial charge in [0.15, 0.2) is 6.29 Å². The van der Waals surface area contributed by atoms with Crippen LogP contribution in [0.2, 0.25) is 5.15 Å². The average Bonchev–Trinajstić information content (AvgIpc) is 2.16. The van der Waals surface area contributed by atoms with Gasteiger partial charge in [-0.2, -0.15) is 5.26 Å². The fourth-order valence-corrected chi connectivity index (χ4v) is 1.08. The first kappa shape index (κ1) is 10.5. The summed E-state index contributed by atoms with van der Waals surface area (Å²) in [7, 11) is 0. The quantitative estimate of drug-likeness (QED) is 0.563. The highest BCUT2D eigenvalue weighted by Crippen LogP contribution is 2.26. The molecule has 0 aliphatic heterocycles. The van der Waals surface area contributed by atoms with Crippen molar-refractivity contribution in [3.63, 3.8) is 0 Å². The van der Waals surface area contributed by atoms with Crippen molar-refractivity contribution in [2.75, 3.05) is 0 Å². The van der Waals surface area contributed by atoms with Crippen LogP contribution in [-0.4, -0.2) is 11.3 Å². The van der Waals surface area contributed by atoms with Crippen LogP contribution in [-0.2, 0) is 0 Å². The molecule has 0 aliphatic rings. The molecule has 72 valence electrons. The third-order valence-electron chi connectivity index (χ3n) is 1.50. The van der Waals surface area contributed by atoms with E-state index < -0.39 is 17.1 Å². The molecule has 0 atom stereocenters. The summed E-state index contributed by atoms with van der Waals surface area (Å²) in [6.45, 7) is 0. The number of carbonyl (C=O) groups excluding carboxylic acids is 1. The molecular formula is C8H3ClF2N2O. The predicted octanol–water partition coefficient (Wildman–Crippen LogP) is 2.36. The Bertz CT molecular complexity index is 415. The molecule has 0 amide bonds. The first-order chi connectivity index (χ1) is 6.60. The van der Waals surface area contributed by atoms with Gasteiger partial charge < -0.3 is 0 Å². The second-order valence-electron chi connectivity index (χ2n) is 2.33. The first-order valence-corrected chi connectivity index (χ1v) is 3.81. The number of aromatic nitrogens is 1. The van der Waals surface area contributed by atoms with Crippen molar-refractivity contribution in [2.24, 2.45) is 0 Å². The van der Waals surface area contributed by atoms with Crippen molar-refractivity contribution >= 4 is 17.9 Å². The lowest BCUT2D eigenvalue weighted by Gasteiger charge is -2.03. The molecule has 1 rings (SSSR count). The molecule has 1 aromatic rings. The molecule has 1 aromatic heterocycles. The van der Waals surface area contributed by atoms with Crippen LogP contribution >= 0.6 is 11.6 Å². The number of nitrogens with zero attached hydrogens (tertiary/aromatic N) is 2. The first-order valence-electron chi connectivity index (χ1n) is 3.44. The molecule has 0 unspecified atom stereocenters. The number of hydrogen-bond acceptors (Lipinski definition) is 3. The Morgan fingerprint density at radius 1 is 1.64 bits per heavy atom. The van der Waals surface area contributed by atoms with Gasteiger partial charge in [-0.1, -0.05) is 11.6 Å². The molecule has 0 fully saturated rings. The summed E-state index contributed by atoms with van der Waals surface area (Å²) >= 11 is 5.37. The van der Waals surface area contributed by atoms with E-state index in [1.807, 2.05) is 0 Å². The number of hydrogen-bond donors (Lipinski definition) is 0. The molecular weight excluding hydrogens is 214 g/mol. The van der Waals surface area contributed by atoms with Crippen LogP contribution in [0.4, 0.5) is 8.78 Å². The van der Waals surface area contributed by atoms with E-state index in [1.165, 1.54) is 0 Å². The van der Waals surface area contributed by atoms with Crippen molar-refractivity contribution in [2.45, 2.75) is 6.43 Å². The Balaban J connectivity index is 3.39. The van der Waals surface area contributed by atoms with Crippen LogP contribution < -0.4 is 0 Å². The Morgan fingerprint density at radius 3 is 2.71 bits per heavy atom. The maximum atomic E-state index is 12.3. The van der Waals surface area contributed by atoms with Gasteiger partial charge in [0.2, 0.25) is 0 Å². The number of halogens is 3. The lowest BCUT2D eigenvalue weighted by molar-refractivity contribution is 0.111. The van der Waals surface area contributed by atoms with Gasteiger partial charge in [-0.05, 0) is 6.07 Å². The minimum atomic E-state index is -2.82. The largest absolute Gasteiger partial charge is 0.296 e. The maximum absolute atomic E-state index is 12.3. The zero-order chi connectivity index (χ0) is 10.7. The normalized spacial score (nSPS) is 9.93. The average molecular weight is 217 g/mol. The molecule has 3 nitrogen and oxygen atoms in total. The molecule has 1 heterocycles. The van der Waals surface area contributed by atoms with Gasteiger partial charge >= 0.3 is 0 Å². The minimum absolute atomic E-state index is 0.209. The van der Waals surface area contributed by atoms with Crippen LogP contribution in [0, 0.1) is 11.3 Å². The fraction of sp³-hybridized carbons (Fsp3) is 0.125. The van der Waals surface area contributed by atoms with Crippen molar-refractivity contribution < 1.29 is 13.6 Å². The molecule has 0 N–H and O–H groups in total. The Morgan fingerprint density at radius 2 is 2.29 bits per heavy atom. The fourth-order valence-electron chi connectivity index (χ4n) is 0.852. The van der Waals surface area contributed by atoms with Gasteiger partial charge in [0.1, 0.15) is 16.9 Å². The standard InChI is InChI=1S/C8H3ClF2N2O/c9-7-5(8(10)11)1-4(2-12)6(3-14)13-7/h1,3,8H. The minimum Gasteiger partial charge on any atom is -0.296 e. The third kappa shape index (κ3) is 1.86. The molecule has 0 aliphatic carbocycles. The Labute approximate surface area is 82.9 Å². The molecule has 0 saturated heterocycles. The molecule has 6 heteroatoms. The van der Waals surface area contributed by atoms with Crippen LogP contribution in [0.1, 0.15) is 28.0 Å². The number of carbonyl (C=O) groups is 1. The van der Waals surface area contributed by atoms with E-state index in [-0.39, 0.29) is 11.3 Å². The van der Waals surface area contributed by atoms with Crippen molar-refractivity contribution in [3.05, 3.63) is 28.0 Å². The van der Waals surface area contributed by atoms with E-state index >= 15 is 0 Å². The number of pyridine rings is 1. The maximum Gasteiger partial charge on any atom is 0.266 e. The van der Waals surface area contributed by atoms with Gasteiger partial charge in [0.05, 0.1) is 11.1 Å². The van der Waals surface area contributed by atoms with Crippen molar-refractivity contribution in [1.29, 1.82) is 5.26 Å². The van der Waals surface area contributed by atoms with E-state index in [0.29, 0.717) is 6.29 Å². The van der Waals surface area contributed by atoms with Crippen LogP contribution in [0.15, 0.2) is 6.07 Å². The van der Waals surface area contributed by atoms with E-state index in [9.17, 15) is 13.6 Å². The summed E-state index contributed by atoms with van der Waals surface area (Å²) in [6.07, 6.45) is -2.53. The highest BCUT2D eigenvalue weighted by Gasteiger charge is 2.16. The van der Waals surface area contributed by atoms with Crippen molar-refractivity contribution in [3.8, 4) is 6.07 Å². The number of aldehydes is 1.